The fourth-order valence-corrected chi connectivity index (χ4v) is 1.62. The maximum atomic E-state index is 13.3. The number of aromatic amines is 1. The van der Waals surface area contributed by atoms with E-state index in [1.165, 1.54) is 7.11 Å². The van der Waals surface area contributed by atoms with Gasteiger partial charge in [0.1, 0.15) is 0 Å². The molecule has 0 atom stereocenters. The van der Waals surface area contributed by atoms with Gasteiger partial charge in [-0.1, -0.05) is 11.6 Å². The Morgan fingerprint density at radius 2 is 2.06 bits per heavy atom. The zero-order valence-electron chi connectivity index (χ0n) is 9.13. The van der Waals surface area contributed by atoms with Gasteiger partial charge >= 0.3 is 5.69 Å². The molecule has 0 bridgehead atoms. The number of hydrogen-bond acceptors (Lipinski definition) is 3. The molecular formula is C9H12ClFN2O3. The van der Waals surface area contributed by atoms with Crippen LogP contribution in [-0.4, -0.2) is 23.3 Å². The minimum atomic E-state index is -1.18. The van der Waals surface area contributed by atoms with E-state index >= 15 is 0 Å². The lowest BCUT2D eigenvalue weighted by Crippen LogP contribution is -2.49. The summed E-state index contributed by atoms with van der Waals surface area (Å²) in [6.07, 6.45) is 0. The standard InChI is InChI=1S/C9H12ClFN2O3/c1-9(2,4-16-3)13-7(14)5(11)6(10)12-8(13)15/h4H2,1-3H3,(H,12,15). The highest BCUT2D eigenvalue weighted by molar-refractivity contribution is 6.29. The van der Waals surface area contributed by atoms with E-state index in [9.17, 15) is 14.0 Å². The van der Waals surface area contributed by atoms with Crippen molar-refractivity contribution >= 4 is 11.6 Å². The Bertz CT molecular complexity index is 506. The molecule has 0 saturated heterocycles. The van der Waals surface area contributed by atoms with Gasteiger partial charge in [0.15, 0.2) is 5.15 Å². The highest BCUT2D eigenvalue weighted by Gasteiger charge is 2.26. The predicted molar refractivity (Wildman–Crippen MR) is 57.5 cm³/mol. The first-order valence-electron chi connectivity index (χ1n) is 4.51. The van der Waals surface area contributed by atoms with Gasteiger partial charge in [-0.25, -0.2) is 9.36 Å². The summed E-state index contributed by atoms with van der Waals surface area (Å²) in [5.41, 5.74) is -2.78. The highest BCUT2D eigenvalue weighted by atomic mass is 35.5. The number of aromatic nitrogens is 2. The fraction of sp³-hybridized carbons (Fsp3) is 0.556. The van der Waals surface area contributed by atoms with Crippen LogP contribution in [0, 0.1) is 5.82 Å². The smallest absolute Gasteiger partial charge is 0.330 e. The van der Waals surface area contributed by atoms with Crippen molar-refractivity contribution in [2.24, 2.45) is 0 Å². The normalized spacial score (nSPS) is 11.8. The summed E-state index contributed by atoms with van der Waals surface area (Å²) < 4.78 is 18.9. The van der Waals surface area contributed by atoms with Crippen LogP contribution in [0.1, 0.15) is 13.8 Å². The Morgan fingerprint density at radius 3 is 2.56 bits per heavy atom. The summed E-state index contributed by atoms with van der Waals surface area (Å²) in [7, 11) is 1.42. The van der Waals surface area contributed by atoms with E-state index in [1.54, 1.807) is 13.8 Å². The van der Waals surface area contributed by atoms with Crippen LogP contribution in [-0.2, 0) is 10.3 Å². The zero-order valence-corrected chi connectivity index (χ0v) is 9.89. The van der Waals surface area contributed by atoms with Crippen LogP contribution in [0.25, 0.3) is 0 Å². The summed E-state index contributed by atoms with van der Waals surface area (Å²) in [6, 6.07) is 0. The van der Waals surface area contributed by atoms with E-state index in [4.69, 9.17) is 16.3 Å². The fourth-order valence-electron chi connectivity index (χ4n) is 1.46. The molecule has 0 aliphatic heterocycles. The SMILES string of the molecule is COCC(C)(C)n1c(=O)[nH]c(Cl)c(F)c1=O. The topological polar surface area (TPSA) is 64.1 Å². The highest BCUT2D eigenvalue weighted by Crippen LogP contribution is 2.11. The molecule has 0 aliphatic rings. The second-order valence-electron chi connectivity index (χ2n) is 3.94. The molecule has 0 saturated carbocycles. The molecule has 1 heterocycles. The monoisotopic (exact) mass is 250 g/mol. The van der Waals surface area contributed by atoms with Crippen LogP contribution in [0.4, 0.5) is 4.39 Å². The van der Waals surface area contributed by atoms with Crippen LogP contribution in [0.3, 0.4) is 0 Å². The van der Waals surface area contributed by atoms with E-state index in [-0.39, 0.29) is 6.61 Å². The number of halogens is 2. The van der Waals surface area contributed by atoms with E-state index in [1.807, 2.05) is 0 Å². The quantitative estimate of drug-likeness (QED) is 0.804. The van der Waals surface area contributed by atoms with Gasteiger partial charge in [0.25, 0.3) is 5.56 Å². The van der Waals surface area contributed by atoms with Gasteiger partial charge in [-0.2, -0.15) is 4.39 Å². The number of nitrogens with zero attached hydrogens (tertiary/aromatic N) is 1. The maximum absolute atomic E-state index is 13.3. The molecule has 16 heavy (non-hydrogen) atoms. The van der Waals surface area contributed by atoms with Gasteiger partial charge in [-0.3, -0.25) is 9.78 Å². The molecule has 0 radical (unpaired) electrons. The number of methoxy groups -OCH3 is 1. The van der Waals surface area contributed by atoms with E-state index < -0.39 is 27.8 Å². The van der Waals surface area contributed by atoms with Gasteiger partial charge < -0.3 is 4.74 Å². The average molecular weight is 251 g/mol. The third-order valence-corrected chi connectivity index (χ3v) is 2.37. The van der Waals surface area contributed by atoms with Crippen molar-refractivity contribution in [3.05, 3.63) is 31.8 Å². The van der Waals surface area contributed by atoms with E-state index in [0.29, 0.717) is 0 Å². The Hall–Kier alpha value is -1.14. The van der Waals surface area contributed by atoms with E-state index in [2.05, 4.69) is 4.98 Å². The van der Waals surface area contributed by atoms with Crippen LogP contribution in [0.15, 0.2) is 9.59 Å². The van der Waals surface area contributed by atoms with Gasteiger partial charge in [0, 0.05) is 7.11 Å². The molecule has 7 heteroatoms. The Balaban J connectivity index is 3.52. The average Bonchev–Trinajstić information content (AvgIpc) is 2.13. The van der Waals surface area contributed by atoms with Gasteiger partial charge in [-0.05, 0) is 13.8 Å². The number of ether oxygens (including phenoxy) is 1. The second-order valence-corrected chi connectivity index (χ2v) is 4.32. The minimum Gasteiger partial charge on any atom is -0.382 e. The number of rotatable bonds is 3. The first-order chi connectivity index (χ1) is 7.31. The molecule has 1 N–H and O–H groups in total. The first kappa shape index (κ1) is 12.9. The van der Waals surface area contributed by atoms with Crippen LogP contribution < -0.4 is 11.2 Å². The van der Waals surface area contributed by atoms with E-state index in [0.717, 1.165) is 4.57 Å². The summed E-state index contributed by atoms with van der Waals surface area (Å²) in [4.78, 5) is 25.1. The molecule has 0 spiro atoms. The third-order valence-electron chi connectivity index (χ3n) is 2.11. The van der Waals surface area contributed by atoms with Crippen LogP contribution >= 0.6 is 11.6 Å². The molecule has 0 amide bonds. The summed E-state index contributed by atoms with van der Waals surface area (Å²) >= 11 is 5.34. The molecule has 1 aromatic rings. The van der Waals surface area contributed by atoms with Crippen molar-refractivity contribution in [2.45, 2.75) is 19.4 Å². The maximum Gasteiger partial charge on any atom is 0.330 e. The molecule has 1 aromatic heterocycles. The van der Waals surface area contributed by atoms with Crippen molar-refractivity contribution in [3.8, 4) is 0 Å². The number of nitrogens with one attached hydrogen (secondary N) is 1. The Kier molecular flexibility index (Phi) is 3.54. The lowest BCUT2D eigenvalue weighted by atomic mass is 10.1. The van der Waals surface area contributed by atoms with Crippen molar-refractivity contribution in [3.63, 3.8) is 0 Å². The molecular weight excluding hydrogens is 239 g/mol. The predicted octanol–water partition coefficient (Wildman–Crippen LogP) is 0.711. The molecule has 0 aliphatic carbocycles. The summed E-state index contributed by atoms with van der Waals surface area (Å²) in [6.45, 7) is 3.26. The number of H-pyrrole nitrogens is 1. The van der Waals surface area contributed by atoms with Crippen molar-refractivity contribution in [1.82, 2.24) is 9.55 Å². The molecule has 0 aromatic carbocycles. The minimum absolute atomic E-state index is 0.0943. The lowest BCUT2D eigenvalue weighted by Gasteiger charge is -2.25. The molecule has 0 unspecified atom stereocenters. The lowest BCUT2D eigenvalue weighted by molar-refractivity contribution is 0.103. The molecule has 5 nitrogen and oxygen atoms in total. The van der Waals surface area contributed by atoms with Gasteiger partial charge in [-0.15, -0.1) is 0 Å². The van der Waals surface area contributed by atoms with Gasteiger partial charge in [0.05, 0.1) is 12.1 Å². The third kappa shape index (κ3) is 2.17. The Labute approximate surface area is 95.8 Å². The first-order valence-corrected chi connectivity index (χ1v) is 4.89. The largest absolute Gasteiger partial charge is 0.382 e. The summed E-state index contributed by atoms with van der Waals surface area (Å²) in [5.74, 6) is -1.18. The van der Waals surface area contributed by atoms with Gasteiger partial charge in [0.2, 0.25) is 5.82 Å². The number of hydrogen-bond donors (Lipinski definition) is 1. The van der Waals surface area contributed by atoms with Crippen molar-refractivity contribution in [1.29, 1.82) is 0 Å². The zero-order chi connectivity index (χ0) is 12.5. The van der Waals surface area contributed by atoms with Crippen LogP contribution in [0.2, 0.25) is 5.15 Å². The van der Waals surface area contributed by atoms with Crippen molar-refractivity contribution < 1.29 is 9.13 Å². The molecule has 90 valence electrons. The molecule has 1 rings (SSSR count). The second kappa shape index (κ2) is 4.39. The van der Waals surface area contributed by atoms with Crippen molar-refractivity contribution in [2.75, 3.05) is 13.7 Å². The summed E-state index contributed by atoms with van der Waals surface area (Å²) in [5, 5.41) is -0.584. The van der Waals surface area contributed by atoms with Crippen LogP contribution in [0.5, 0.6) is 0 Å². The Morgan fingerprint density at radius 1 is 1.50 bits per heavy atom. The molecule has 0 fully saturated rings.